The zero-order chi connectivity index (χ0) is 8.91. The highest BCUT2D eigenvalue weighted by Gasteiger charge is 2.11. The van der Waals surface area contributed by atoms with Crippen molar-refractivity contribution >= 4 is 10.4 Å². The average Bonchev–Trinajstić information content (AvgIpc) is 1.79. The van der Waals surface area contributed by atoms with Crippen molar-refractivity contribution in [2.45, 2.75) is 20.0 Å². The van der Waals surface area contributed by atoms with Crippen LogP contribution in [0.1, 0.15) is 13.8 Å². The molecule has 0 rings (SSSR count). The van der Waals surface area contributed by atoms with Crippen LogP contribution in [0.3, 0.4) is 0 Å². The van der Waals surface area contributed by atoms with E-state index < -0.39 is 16.5 Å². The van der Waals surface area contributed by atoms with E-state index in [0.717, 1.165) is 0 Å². The summed E-state index contributed by atoms with van der Waals surface area (Å²) < 4.78 is 37.3. The Morgan fingerprint density at radius 2 is 2.09 bits per heavy atom. The molecule has 0 spiro atoms. The molecular formula is C5H12O5S. The van der Waals surface area contributed by atoms with Gasteiger partial charge in [-0.25, -0.2) is 4.18 Å². The fraction of sp³-hybridized carbons (Fsp3) is 1.00. The third-order valence-electron chi connectivity index (χ3n) is 0.843. The summed E-state index contributed by atoms with van der Waals surface area (Å²) in [6, 6.07) is 0. The molecular weight excluding hydrogens is 172 g/mol. The first-order chi connectivity index (χ1) is 4.95. The van der Waals surface area contributed by atoms with Crippen molar-refractivity contribution in [3.8, 4) is 0 Å². The Labute approximate surface area is 66.3 Å². The predicted octanol–water partition coefficient (Wildman–Crippen LogP) is 0.231. The van der Waals surface area contributed by atoms with E-state index in [-0.39, 0.29) is 6.61 Å². The van der Waals surface area contributed by atoms with E-state index in [1.807, 2.05) is 0 Å². The highest BCUT2D eigenvalue weighted by molar-refractivity contribution is 7.80. The van der Waals surface area contributed by atoms with Crippen molar-refractivity contribution in [3.05, 3.63) is 0 Å². The quantitative estimate of drug-likeness (QED) is 0.619. The summed E-state index contributed by atoms with van der Waals surface area (Å²) in [7, 11) is -4.33. The second-order valence-electron chi connectivity index (χ2n) is 1.99. The molecule has 0 saturated carbocycles. The SMILES string of the molecule is CCOCC(C)OS(=O)(=O)O. The number of hydrogen-bond donors (Lipinski definition) is 1. The second kappa shape index (κ2) is 4.66. The number of hydrogen-bond acceptors (Lipinski definition) is 4. The van der Waals surface area contributed by atoms with Gasteiger partial charge in [-0.1, -0.05) is 0 Å². The normalized spacial score (nSPS) is 14.8. The minimum absolute atomic E-state index is 0.149. The second-order valence-corrected chi connectivity index (χ2v) is 3.04. The van der Waals surface area contributed by atoms with Gasteiger partial charge in [0.2, 0.25) is 0 Å². The molecule has 0 aromatic rings. The van der Waals surface area contributed by atoms with Crippen LogP contribution < -0.4 is 0 Å². The first-order valence-corrected chi connectivity index (χ1v) is 4.55. The maximum absolute atomic E-state index is 10.1. The van der Waals surface area contributed by atoms with Crippen LogP contribution in [0.25, 0.3) is 0 Å². The molecule has 0 heterocycles. The molecule has 5 nitrogen and oxygen atoms in total. The van der Waals surface area contributed by atoms with Crippen LogP contribution in [0.2, 0.25) is 0 Å². The van der Waals surface area contributed by atoms with E-state index in [2.05, 4.69) is 4.18 Å². The van der Waals surface area contributed by atoms with Crippen molar-refractivity contribution in [2.75, 3.05) is 13.2 Å². The molecule has 0 radical (unpaired) electrons. The molecule has 0 aliphatic carbocycles. The molecule has 0 amide bonds. The van der Waals surface area contributed by atoms with Crippen LogP contribution in [0.15, 0.2) is 0 Å². The van der Waals surface area contributed by atoms with Crippen LogP contribution in [-0.4, -0.2) is 32.3 Å². The maximum atomic E-state index is 10.1. The van der Waals surface area contributed by atoms with Gasteiger partial charge in [0.05, 0.1) is 12.7 Å². The topological polar surface area (TPSA) is 72.8 Å². The average molecular weight is 184 g/mol. The van der Waals surface area contributed by atoms with Gasteiger partial charge < -0.3 is 4.74 Å². The van der Waals surface area contributed by atoms with E-state index in [9.17, 15) is 8.42 Å². The molecule has 0 aliphatic heterocycles. The summed E-state index contributed by atoms with van der Waals surface area (Å²) in [5.74, 6) is 0. The third-order valence-corrected chi connectivity index (χ3v) is 1.41. The number of rotatable bonds is 5. The Morgan fingerprint density at radius 3 is 2.45 bits per heavy atom. The van der Waals surface area contributed by atoms with E-state index >= 15 is 0 Å². The van der Waals surface area contributed by atoms with Gasteiger partial charge in [-0.15, -0.1) is 0 Å². The molecule has 0 bridgehead atoms. The monoisotopic (exact) mass is 184 g/mol. The van der Waals surface area contributed by atoms with Gasteiger partial charge in [-0.05, 0) is 13.8 Å². The molecule has 1 atom stereocenters. The van der Waals surface area contributed by atoms with Crippen LogP contribution in [0.4, 0.5) is 0 Å². The zero-order valence-corrected chi connectivity index (χ0v) is 7.30. The lowest BCUT2D eigenvalue weighted by atomic mass is 10.4. The number of ether oxygens (including phenoxy) is 1. The molecule has 0 aliphatic rings. The Balaban J connectivity index is 3.61. The minimum Gasteiger partial charge on any atom is -0.379 e. The largest absolute Gasteiger partial charge is 0.397 e. The summed E-state index contributed by atoms with van der Waals surface area (Å²) in [5.41, 5.74) is 0. The molecule has 6 heteroatoms. The predicted molar refractivity (Wildman–Crippen MR) is 38.6 cm³/mol. The van der Waals surface area contributed by atoms with E-state index in [0.29, 0.717) is 6.61 Å². The standard InChI is InChI=1S/C5H12O5S/c1-3-9-4-5(2)10-11(6,7)8/h5H,3-4H2,1-2H3,(H,6,7,8). The van der Waals surface area contributed by atoms with E-state index in [1.54, 1.807) is 6.92 Å². The van der Waals surface area contributed by atoms with Crippen LogP contribution >= 0.6 is 0 Å². The smallest absolute Gasteiger partial charge is 0.379 e. The third kappa shape index (κ3) is 7.73. The Bertz CT molecular complexity index is 185. The van der Waals surface area contributed by atoms with Gasteiger partial charge in [0.1, 0.15) is 0 Å². The summed E-state index contributed by atoms with van der Waals surface area (Å²) in [6.45, 7) is 3.90. The Hall–Kier alpha value is -0.170. The molecule has 0 aromatic heterocycles. The minimum atomic E-state index is -4.33. The molecule has 1 N–H and O–H groups in total. The highest BCUT2D eigenvalue weighted by Crippen LogP contribution is 1.96. The van der Waals surface area contributed by atoms with E-state index in [4.69, 9.17) is 9.29 Å². The molecule has 0 saturated heterocycles. The van der Waals surface area contributed by atoms with Crippen LogP contribution in [0, 0.1) is 0 Å². The summed E-state index contributed by atoms with van der Waals surface area (Å²) in [5, 5.41) is 0. The molecule has 0 aromatic carbocycles. The fourth-order valence-electron chi connectivity index (χ4n) is 0.519. The lowest BCUT2D eigenvalue weighted by Gasteiger charge is -2.08. The molecule has 0 fully saturated rings. The van der Waals surface area contributed by atoms with Crippen LogP contribution in [-0.2, 0) is 19.3 Å². The molecule has 11 heavy (non-hydrogen) atoms. The van der Waals surface area contributed by atoms with Gasteiger partial charge in [0.15, 0.2) is 0 Å². The van der Waals surface area contributed by atoms with Gasteiger partial charge in [-0.2, -0.15) is 8.42 Å². The van der Waals surface area contributed by atoms with E-state index in [1.165, 1.54) is 6.92 Å². The summed E-state index contributed by atoms with van der Waals surface area (Å²) >= 11 is 0. The van der Waals surface area contributed by atoms with Crippen molar-refractivity contribution in [1.82, 2.24) is 0 Å². The molecule has 1 unspecified atom stereocenters. The van der Waals surface area contributed by atoms with Gasteiger partial charge in [0, 0.05) is 6.61 Å². The van der Waals surface area contributed by atoms with Gasteiger partial charge >= 0.3 is 10.4 Å². The first kappa shape index (κ1) is 10.8. The maximum Gasteiger partial charge on any atom is 0.397 e. The van der Waals surface area contributed by atoms with Crippen molar-refractivity contribution in [1.29, 1.82) is 0 Å². The van der Waals surface area contributed by atoms with Crippen molar-refractivity contribution in [2.24, 2.45) is 0 Å². The lowest BCUT2D eigenvalue weighted by molar-refractivity contribution is 0.0625. The van der Waals surface area contributed by atoms with Crippen molar-refractivity contribution in [3.63, 3.8) is 0 Å². The van der Waals surface area contributed by atoms with Crippen LogP contribution in [0.5, 0.6) is 0 Å². The Morgan fingerprint density at radius 1 is 1.55 bits per heavy atom. The Kier molecular flexibility index (Phi) is 4.58. The summed E-state index contributed by atoms with van der Waals surface area (Å²) in [4.78, 5) is 0. The van der Waals surface area contributed by atoms with Gasteiger partial charge in [-0.3, -0.25) is 4.55 Å². The highest BCUT2D eigenvalue weighted by atomic mass is 32.3. The molecule has 68 valence electrons. The zero-order valence-electron chi connectivity index (χ0n) is 6.48. The fourth-order valence-corrected chi connectivity index (χ4v) is 0.990. The van der Waals surface area contributed by atoms with Crippen molar-refractivity contribution < 1.29 is 21.9 Å². The van der Waals surface area contributed by atoms with Gasteiger partial charge in [0.25, 0.3) is 0 Å². The summed E-state index contributed by atoms with van der Waals surface area (Å²) in [6.07, 6.45) is -0.648. The lowest BCUT2D eigenvalue weighted by Crippen LogP contribution is -2.19. The first-order valence-electron chi connectivity index (χ1n) is 3.19.